The second kappa shape index (κ2) is 7.77. The highest BCUT2D eigenvalue weighted by Gasteiger charge is 2.67. The van der Waals surface area contributed by atoms with Crippen LogP contribution in [0, 0.1) is 5.92 Å². The van der Waals surface area contributed by atoms with Gasteiger partial charge in [-0.25, -0.2) is 4.99 Å². The SMILES string of the molecule is C=CCN1C(=O)C(NC(=O)C2CCCCC2)(C(F)(F)F)N=C1c1ccccc1. The van der Waals surface area contributed by atoms with Crippen LogP contribution in [0.5, 0.6) is 0 Å². The molecule has 1 aromatic rings. The maximum absolute atomic E-state index is 14.1. The molecule has 1 aliphatic heterocycles. The number of hydrogen-bond acceptors (Lipinski definition) is 3. The van der Waals surface area contributed by atoms with E-state index in [1.165, 1.54) is 6.08 Å². The molecule has 0 bridgehead atoms. The number of nitrogens with zero attached hydrogens (tertiary/aromatic N) is 2. The summed E-state index contributed by atoms with van der Waals surface area (Å²) in [5.74, 6) is -2.76. The molecule has 0 saturated heterocycles. The van der Waals surface area contributed by atoms with E-state index in [1.54, 1.807) is 30.3 Å². The molecule has 3 rings (SSSR count). The number of carbonyl (C=O) groups excluding carboxylic acids is 2. The highest BCUT2D eigenvalue weighted by atomic mass is 19.4. The third-order valence-corrected chi connectivity index (χ3v) is 5.12. The fourth-order valence-electron chi connectivity index (χ4n) is 3.65. The molecular weight excluding hydrogens is 371 g/mol. The number of rotatable bonds is 5. The molecule has 1 heterocycles. The van der Waals surface area contributed by atoms with E-state index in [4.69, 9.17) is 0 Å². The number of aliphatic imine (C=N–C) groups is 1. The van der Waals surface area contributed by atoms with E-state index in [0.29, 0.717) is 18.4 Å². The second-order valence-corrected chi connectivity index (χ2v) is 7.04. The Bertz CT molecular complexity index is 786. The largest absolute Gasteiger partial charge is 0.442 e. The van der Waals surface area contributed by atoms with Crippen LogP contribution < -0.4 is 5.32 Å². The summed E-state index contributed by atoms with van der Waals surface area (Å²) < 4.78 is 42.3. The molecule has 0 radical (unpaired) electrons. The van der Waals surface area contributed by atoms with Crippen molar-refractivity contribution in [3.05, 3.63) is 48.6 Å². The lowest BCUT2D eigenvalue weighted by atomic mass is 9.88. The lowest BCUT2D eigenvalue weighted by Crippen LogP contribution is -2.64. The first-order valence-electron chi connectivity index (χ1n) is 9.27. The van der Waals surface area contributed by atoms with Crippen molar-refractivity contribution in [2.75, 3.05) is 6.54 Å². The highest BCUT2D eigenvalue weighted by molar-refractivity contribution is 6.16. The zero-order valence-corrected chi connectivity index (χ0v) is 15.3. The van der Waals surface area contributed by atoms with Gasteiger partial charge in [-0.1, -0.05) is 55.7 Å². The van der Waals surface area contributed by atoms with Crippen molar-refractivity contribution in [1.29, 1.82) is 0 Å². The zero-order valence-electron chi connectivity index (χ0n) is 15.3. The molecule has 0 spiro atoms. The van der Waals surface area contributed by atoms with Crippen molar-refractivity contribution in [2.45, 2.75) is 43.9 Å². The molecule has 1 unspecified atom stereocenters. The standard InChI is InChI=1S/C20H22F3N3O2/c1-2-13-26-16(14-9-5-3-6-10-14)24-19(18(26)28,20(21,22)23)25-17(27)15-11-7-4-8-12-15/h2-3,5-6,9-10,15H,1,4,7-8,11-13H2,(H,25,27). The molecule has 2 aliphatic rings. The van der Waals surface area contributed by atoms with E-state index in [9.17, 15) is 22.8 Å². The fraction of sp³-hybridized carbons (Fsp3) is 0.450. The third-order valence-electron chi connectivity index (χ3n) is 5.12. The van der Waals surface area contributed by atoms with Gasteiger partial charge in [0.25, 0.3) is 5.91 Å². The molecule has 1 atom stereocenters. The van der Waals surface area contributed by atoms with Crippen LogP contribution in [0.3, 0.4) is 0 Å². The van der Waals surface area contributed by atoms with Crippen LogP contribution in [0.2, 0.25) is 0 Å². The minimum Gasteiger partial charge on any atom is -0.316 e. The molecule has 28 heavy (non-hydrogen) atoms. The van der Waals surface area contributed by atoms with Gasteiger partial charge in [0.2, 0.25) is 5.91 Å². The first kappa shape index (κ1) is 20.1. The average molecular weight is 393 g/mol. The number of halogens is 3. The summed E-state index contributed by atoms with van der Waals surface area (Å²) in [4.78, 5) is 30.2. The number of amides is 2. The van der Waals surface area contributed by atoms with Crippen molar-refractivity contribution < 1.29 is 22.8 Å². The summed E-state index contributed by atoms with van der Waals surface area (Å²) >= 11 is 0. The normalized spacial score (nSPS) is 23.5. The van der Waals surface area contributed by atoms with Crippen LogP contribution in [-0.2, 0) is 9.59 Å². The Kier molecular flexibility index (Phi) is 5.58. The lowest BCUT2D eigenvalue weighted by Gasteiger charge is -2.31. The van der Waals surface area contributed by atoms with Gasteiger partial charge >= 0.3 is 11.8 Å². The van der Waals surface area contributed by atoms with Crippen LogP contribution >= 0.6 is 0 Å². The fourth-order valence-corrected chi connectivity index (χ4v) is 3.65. The predicted molar refractivity (Wildman–Crippen MR) is 98.4 cm³/mol. The first-order chi connectivity index (χ1) is 13.3. The van der Waals surface area contributed by atoms with Gasteiger partial charge in [-0.3, -0.25) is 14.5 Å². The average Bonchev–Trinajstić information content (AvgIpc) is 2.97. The summed E-state index contributed by atoms with van der Waals surface area (Å²) in [6.45, 7) is 3.36. The number of benzene rings is 1. The van der Waals surface area contributed by atoms with Gasteiger partial charge in [-0.2, -0.15) is 13.2 Å². The molecule has 1 aromatic carbocycles. The van der Waals surface area contributed by atoms with Crippen molar-refractivity contribution in [3.8, 4) is 0 Å². The van der Waals surface area contributed by atoms with E-state index in [1.807, 2.05) is 5.32 Å². The Morgan fingerprint density at radius 1 is 1.25 bits per heavy atom. The van der Waals surface area contributed by atoms with E-state index >= 15 is 0 Å². The zero-order chi connectivity index (χ0) is 20.4. The number of amidine groups is 1. The molecule has 8 heteroatoms. The van der Waals surface area contributed by atoms with Gasteiger partial charge in [0, 0.05) is 18.0 Å². The van der Waals surface area contributed by atoms with Crippen LogP contribution in [-0.4, -0.2) is 40.9 Å². The monoisotopic (exact) mass is 393 g/mol. The molecule has 0 aromatic heterocycles. The van der Waals surface area contributed by atoms with Crippen LogP contribution in [0.25, 0.3) is 0 Å². The maximum atomic E-state index is 14.1. The second-order valence-electron chi connectivity index (χ2n) is 7.04. The highest BCUT2D eigenvalue weighted by Crippen LogP contribution is 2.39. The molecule has 2 amide bonds. The van der Waals surface area contributed by atoms with Crippen LogP contribution in [0.15, 0.2) is 48.0 Å². The van der Waals surface area contributed by atoms with Crippen molar-refractivity contribution in [3.63, 3.8) is 0 Å². The Morgan fingerprint density at radius 3 is 2.46 bits per heavy atom. The molecule has 1 fully saturated rings. The number of carbonyl (C=O) groups is 2. The minimum absolute atomic E-state index is 0.133. The van der Waals surface area contributed by atoms with Gasteiger partial charge in [-0.15, -0.1) is 6.58 Å². The summed E-state index contributed by atoms with van der Waals surface area (Å²) in [5, 5.41) is 1.96. The van der Waals surface area contributed by atoms with Gasteiger partial charge in [-0.05, 0) is 12.8 Å². The topological polar surface area (TPSA) is 61.8 Å². The smallest absolute Gasteiger partial charge is 0.316 e. The Labute approximate surface area is 161 Å². The van der Waals surface area contributed by atoms with Crippen LogP contribution in [0.1, 0.15) is 37.7 Å². The summed E-state index contributed by atoms with van der Waals surface area (Å²) in [7, 11) is 0. The van der Waals surface area contributed by atoms with Gasteiger partial charge in [0.1, 0.15) is 5.84 Å². The molecule has 1 N–H and O–H groups in total. The van der Waals surface area contributed by atoms with E-state index in [0.717, 1.165) is 24.2 Å². The van der Waals surface area contributed by atoms with Gasteiger partial charge < -0.3 is 5.32 Å². The van der Waals surface area contributed by atoms with Gasteiger partial charge in [0.05, 0.1) is 0 Å². The van der Waals surface area contributed by atoms with E-state index in [2.05, 4.69) is 11.6 Å². The van der Waals surface area contributed by atoms with Gasteiger partial charge in [0.15, 0.2) is 0 Å². The summed E-state index contributed by atoms with van der Waals surface area (Å²) in [6.07, 6.45) is -0.204. The Balaban J connectivity index is 2.03. The van der Waals surface area contributed by atoms with Crippen molar-refractivity contribution in [1.82, 2.24) is 10.2 Å². The third kappa shape index (κ3) is 3.55. The summed E-state index contributed by atoms with van der Waals surface area (Å²) in [5.41, 5.74) is -2.95. The molecule has 5 nitrogen and oxygen atoms in total. The molecule has 150 valence electrons. The number of hydrogen-bond donors (Lipinski definition) is 1. The molecule has 1 aliphatic carbocycles. The predicted octanol–water partition coefficient (Wildman–Crippen LogP) is 3.42. The molecule has 1 saturated carbocycles. The van der Waals surface area contributed by atoms with E-state index in [-0.39, 0.29) is 12.4 Å². The Hall–Kier alpha value is -2.64. The minimum atomic E-state index is -5.08. The molecular formula is C20H22F3N3O2. The van der Waals surface area contributed by atoms with Crippen molar-refractivity contribution in [2.24, 2.45) is 10.9 Å². The Morgan fingerprint density at radius 2 is 1.89 bits per heavy atom. The lowest BCUT2D eigenvalue weighted by molar-refractivity contribution is -0.200. The summed E-state index contributed by atoms with van der Waals surface area (Å²) in [6, 6.07) is 8.13. The van der Waals surface area contributed by atoms with E-state index < -0.39 is 29.6 Å². The number of alkyl halides is 3. The first-order valence-corrected chi connectivity index (χ1v) is 9.27. The number of nitrogens with one attached hydrogen (secondary N) is 1. The quantitative estimate of drug-likeness (QED) is 0.780. The maximum Gasteiger partial charge on any atom is 0.442 e. The van der Waals surface area contributed by atoms with Crippen LogP contribution in [0.4, 0.5) is 13.2 Å². The van der Waals surface area contributed by atoms with Crippen molar-refractivity contribution >= 4 is 17.6 Å².